The van der Waals surface area contributed by atoms with Gasteiger partial charge in [-0.15, -0.1) is 0 Å². The topological polar surface area (TPSA) is 51.6 Å². The van der Waals surface area contributed by atoms with Gasteiger partial charge >= 0.3 is 231 Å². The number of rotatable bonds is 6. The van der Waals surface area contributed by atoms with Crippen LogP contribution in [0.5, 0.6) is 0 Å². The fourth-order valence-corrected chi connectivity index (χ4v) is 8.69. The first-order valence-electron chi connectivity index (χ1n) is 16.2. The molecule has 0 spiro atoms. The van der Waals surface area contributed by atoms with E-state index in [1.807, 2.05) is 60.7 Å². The summed E-state index contributed by atoms with van der Waals surface area (Å²) in [7, 11) is 0. The van der Waals surface area contributed by atoms with E-state index in [4.69, 9.17) is 19.9 Å². The Bertz CT molecular complexity index is 2540. The zero-order valence-corrected chi connectivity index (χ0v) is 28.1. The molecule has 7 aromatic carbocycles. The van der Waals surface area contributed by atoms with Gasteiger partial charge in [-0.2, -0.15) is 0 Å². The first-order chi connectivity index (χ1) is 24.3. The van der Waals surface area contributed by atoms with Gasteiger partial charge in [0.15, 0.2) is 0 Å². The fourth-order valence-electron chi connectivity index (χ4n) is 6.39. The molecule has 4 nitrogen and oxygen atoms in total. The van der Waals surface area contributed by atoms with Crippen LogP contribution in [-0.4, -0.2) is 34.4 Å². The summed E-state index contributed by atoms with van der Waals surface area (Å²) in [6.45, 7) is 0. The molecule has 9 aromatic rings. The molecule has 0 bridgehead atoms. The van der Waals surface area contributed by atoms with Gasteiger partial charge in [0.2, 0.25) is 0 Å². The van der Waals surface area contributed by atoms with E-state index in [0.717, 1.165) is 38.9 Å². The second-order valence-corrected chi connectivity index (χ2v) is 14.0. The molecule has 230 valence electrons. The molecule has 0 aliphatic heterocycles. The Labute approximate surface area is 290 Å². The van der Waals surface area contributed by atoms with Crippen LogP contribution in [-0.2, 0) is 0 Å². The van der Waals surface area contributed by atoms with Gasteiger partial charge in [-0.1, -0.05) is 60.7 Å². The Morgan fingerprint density at radius 1 is 0.347 bits per heavy atom. The Morgan fingerprint density at radius 3 is 1.47 bits per heavy atom. The van der Waals surface area contributed by atoms with E-state index in [0.29, 0.717) is 17.5 Å². The molecule has 0 unspecified atom stereocenters. The number of hydrogen-bond acceptors (Lipinski definition) is 4. The summed E-state index contributed by atoms with van der Waals surface area (Å²) >= 11 is 0.118. The van der Waals surface area contributed by atoms with E-state index in [1.165, 1.54) is 30.7 Å². The van der Waals surface area contributed by atoms with Crippen LogP contribution in [0, 0.1) is 0 Å². The Kier molecular flexibility index (Phi) is 7.47. The number of aromatic nitrogens is 4. The van der Waals surface area contributed by atoms with Crippen molar-refractivity contribution in [3.8, 4) is 66.5 Å². The molecular formula is C44H28N4Se. The minimum Gasteiger partial charge on any atom is -0.0615 e. The van der Waals surface area contributed by atoms with Crippen LogP contribution < -0.4 is 0 Å². The first kappa shape index (κ1) is 29.2. The van der Waals surface area contributed by atoms with Crippen molar-refractivity contribution in [1.29, 1.82) is 0 Å². The van der Waals surface area contributed by atoms with Crippen molar-refractivity contribution in [3.05, 3.63) is 170 Å². The summed E-state index contributed by atoms with van der Waals surface area (Å²) in [5, 5.41) is 2.50. The minimum atomic E-state index is 0.118. The van der Waals surface area contributed by atoms with Crippen molar-refractivity contribution >= 4 is 35.1 Å². The smallest absolute Gasteiger partial charge is 0.0512 e. The van der Waals surface area contributed by atoms with Crippen molar-refractivity contribution in [3.63, 3.8) is 0 Å². The molecule has 0 radical (unpaired) electrons. The predicted octanol–water partition coefficient (Wildman–Crippen LogP) is 10.6. The molecule has 2 heterocycles. The van der Waals surface area contributed by atoms with Crippen LogP contribution in [0.25, 0.3) is 87.1 Å². The number of benzene rings is 7. The van der Waals surface area contributed by atoms with Gasteiger partial charge in [0, 0.05) is 0 Å². The third kappa shape index (κ3) is 5.55. The van der Waals surface area contributed by atoms with Gasteiger partial charge < -0.3 is 0 Å². The molecule has 0 atom stereocenters. The summed E-state index contributed by atoms with van der Waals surface area (Å²) in [6, 6.07) is 59.1. The zero-order chi connectivity index (χ0) is 32.6. The Hall–Kier alpha value is -6.00. The summed E-state index contributed by atoms with van der Waals surface area (Å²) < 4.78 is 2.52. The molecule has 0 amide bonds. The Balaban J connectivity index is 1.20. The largest absolute Gasteiger partial charge is 0.0615 e. The average Bonchev–Trinajstić information content (AvgIpc) is 3.64. The maximum absolute atomic E-state index is 5.07. The van der Waals surface area contributed by atoms with Gasteiger partial charge in [0.1, 0.15) is 0 Å². The summed E-state index contributed by atoms with van der Waals surface area (Å²) in [6.07, 6.45) is 0. The third-order valence-electron chi connectivity index (χ3n) is 8.79. The molecule has 0 N–H and O–H groups in total. The molecule has 2 aromatic heterocycles. The Morgan fingerprint density at radius 2 is 0.837 bits per heavy atom. The second-order valence-electron chi connectivity index (χ2n) is 11.9. The molecule has 9 rings (SSSR count). The van der Waals surface area contributed by atoms with Gasteiger partial charge in [-0.25, -0.2) is 0 Å². The number of nitrogens with zero attached hydrogens (tertiary/aromatic N) is 4. The zero-order valence-electron chi connectivity index (χ0n) is 26.4. The average molecular weight is 692 g/mol. The van der Waals surface area contributed by atoms with Crippen LogP contribution in [0.2, 0.25) is 0 Å². The molecule has 0 saturated carbocycles. The van der Waals surface area contributed by atoms with Crippen molar-refractivity contribution in [1.82, 2.24) is 19.9 Å². The second kappa shape index (κ2) is 12.6. The van der Waals surface area contributed by atoms with E-state index in [-0.39, 0.29) is 14.5 Å². The molecule has 0 saturated heterocycles. The van der Waals surface area contributed by atoms with E-state index in [9.17, 15) is 0 Å². The minimum absolute atomic E-state index is 0.118. The predicted molar refractivity (Wildman–Crippen MR) is 202 cm³/mol. The van der Waals surface area contributed by atoms with Crippen LogP contribution >= 0.6 is 0 Å². The first-order valence-corrected chi connectivity index (χ1v) is 17.9. The summed E-state index contributed by atoms with van der Waals surface area (Å²) in [4.78, 5) is 20.1. The standard InChI is InChI=1S/C44H28N4Se/c1-4-14-30(15-5-1)41-46-42(31-16-6-2-7-17-31)48-43(47-41)37-23-13-12-22-36(37)35-21-11-10-20-34(35)33-25-24-29-26-27-39-40(38(29)28-33)49-44(45-39)32-18-8-3-9-19-32/h1-28H. The number of hydrogen-bond donors (Lipinski definition) is 0. The molecule has 0 aliphatic rings. The summed E-state index contributed by atoms with van der Waals surface area (Å²) in [5.74, 6) is 1.94. The molecule has 5 heteroatoms. The third-order valence-corrected chi connectivity index (χ3v) is 11.2. The van der Waals surface area contributed by atoms with Gasteiger partial charge in [0.25, 0.3) is 0 Å². The molecular weight excluding hydrogens is 663 g/mol. The van der Waals surface area contributed by atoms with Gasteiger partial charge in [-0.3, -0.25) is 0 Å². The van der Waals surface area contributed by atoms with Crippen molar-refractivity contribution in [2.45, 2.75) is 0 Å². The van der Waals surface area contributed by atoms with E-state index in [2.05, 4.69) is 109 Å². The van der Waals surface area contributed by atoms with E-state index in [1.54, 1.807) is 0 Å². The maximum atomic E-state index is 5.07. The summed E-state index contributed by atoms with van der Waals surface area (Å²) in [5.41, 5.74) is 9.66. The van der Waals surface area contributed by atoms with E-state index < -0.39 is 0 Å². The van der Waals surface area contributed by atoms with Crippen LogP contribution in [0.3, 0.4) is 0 Å². The molecule has 0 aliphatic carbocycles. The maximum Gasteiger partial charge on any atom is -0.0512 e. The van der Waals surface area contributed by atoms with Crippen LogP contribution in [0.4, 0.5) is 0 Å². The quantitative estimate of drug-likeness (QED) is 0.163. The van der Waals surface area contributed by atoms with Gasteiger partial charge in [-0.05, 0) is 0 Å². The molecule has 49 heavy (non-hydrogen) atoms. The monoisotopic (exact) mass is 692 g/mol. The van der Waals surface area contributed by atoms with Gasteiger partial charge in [0.05, 0.1) is 0 Å². The van der Waals surface area contributed by atoms with Crippen LogP contribution in [0.15, 0.2) is 170 Å². The fraction of sp³-hybridized carbons (Fsp3) is 0. The SMILES string of the molecule is c1ccc(-c2nc(-c3ccccc3)nc(-c3ccccc3-c3ccccc3-c3ccc4ccc5nc(-c6ccccc6)[se]c5c4c3)n2)cc1. The van der Waals surface area contributed by atoms with Crippen LogP contribution in [0.1, 0.15) is 0 Å². The molecule has 0 fully saturated rings. The normalized spacial score (nSPS) is 11.3. The van der Waals surface area contributed by atoms with E-state index >= 15 is 0 Å². The van der Waals surface area contributed by atoms with Crippen molar-refractivity contribution < 1.29 is 0 Å². The van der Waals surface area contributed by atoms with Crippen molar-refractivity contribution in [2.24, 2.45) is 0 Å². The number of fused-ring (bicyclic) bond motifs is 3. The van der Waals surface area contributed by atoms with Crippen molar-refractivity contribution in [2.75, 3.05) is 0 Å².